The predicted molar refractivity (Wildman–Crippen MR) is 115 cm³/mol. The van der Waals surface area contributed by atoms with E-state index < -0.39 is 6.10 Å². The van der Waals surface area contributed by atoms with E-state index in [1.165, 1.54) is 6.07 Å². The van der Waals surface area contributed by atoms with E-state index in [9.17, 15) is 9.90 Å². The number of benzene rings is 1. The van der Waals surface area contributed by atoms with Gasteiger partial charge in [0.1, 0.15) is 5.02 Å². The lowest BCUT2D eigenvalue weighted by Crippen LogP contribution is -2.48. The maximum atomic E-state index is 12.9. The highest BCUT2D eigenvalue weighted by molar-refractivity contribution is 6.35. The van der Waals surface area contributed by atoms with Crippen LogP contribution in [-0.2, 0) is 9.47 Å². The van der Waals surface area contributed by atoms with Crippen LogP contribution in [0.5, 0.6) is 11.5 Å². The number of amides is 1. The summed E-state index contributed by atoms with van der Waals surface area (Å²) in [5.74, 6) is 0.281. The van der Waals surface area contributed by atoms with Crippen LogP contribution in [0, 0.1) is 5.92 Å². The van der Waals surface area contributed by atoms with Gasteiger partial charge in [0, 0.05) is 38.4 Å². The maximum Gasteiger partial charge on any atom is 0.255 e. The van der Waals surface area contributed by atoms with Crippen molar-refractivity contribution in [3.8, 4) is 11.5 Å². The van der Waals surface area contributed by atoms with E-state index in [0.717, 1.165) is 25.9 Å². The molecule has 1 aromatic carbocycles. The van der Waals surface area contributed by atoms with Gasteiger partial charge in [-0.1, -0.05) is 11.6 Å². The van der Waals surface area contributed by atoms with Crippen LogP contribution in [0.3, 0.4) is 0 Å². The summed E-state index contributed by atoms with van der Waals surface area (Å²) >= 11 is 6.24. The van der Waals surface area contributed by atoms with Crippen molar-refractivity contribution in [2.75, 3.05) is 58.3 Å². The zero-order chi connectivity index (χ0) is 21.8. The summed E-state index contributed by atoms with van der Waals surface area (Å²) < 4.78 is 22.3. The number of likely N-dealkylation sites (tertiary alicyclic amines) is 1. The normalized spacial score (nSPS) is 24.7. The molecule has 0 aliphatic carbocycles. The molecular formula is C21H30ClN3O6. The molecule has 0 aromatic heterocycles. The lowest BCUT2D eigenvalue weighted by atomic mass is 9.93. The Morgan fingerprint density at radius 1 is 1.23 bits per heavy atom. The number of anilines is 1. The number of hydrogen-bond acceptors (Lipinski definition) is 8. The Bertz CT molecular complexity index is 789. The molecule has 2 fully saturated rings. The quantitative estimate of drug-likeness (QED) is 0.549. The summed E-state index contributed by atoms with van der Waals surface area (Å²) in [6.45, 7) is 4.76. The number of aliphatic hydroxyl groups is 1. The second-order valence-corrected chi connectivity index (χ2v) is 8.50. The molecule has 3 aliphatic rings. The van der Waals surface area contributed by atoms with E-state index in [1.807, 2.05) is 0 Å². The smallest absolute Gasteiger partial charge is 0.255 e. The van der Waals surface area contributed by atoms with Gasteiger partial charge in [0.15, 0.2) is 17.8 Å². The number of aliphatic hydroxyl groups excluding tert-OH is 1. The topological polar surface area (TPSA) is 116 Å². The molecular weight excluding hydrogens is 426 g/mol. The molecule has 3 heterocycles. The van der Waals surface area contributed by atoms with Crippen LogP contribution in [0.2, 0.25) is 5.02 Å². The number of carbonyl (C=O) groups is 1. The van der Waals surface area contributed by atoms with Gasteiger partial charge in [-0.25, -0.2) is 0 Å². The Morgan fingerprint density at radius 3 is 2.71 bits per heavy atom. The van der Waals surface area contributed by atoms with E-state index in [1.54, 1.807) is 0 Å². The van der Waals surface area contributed by atoms with Crippen LogP contribution >= 0.6 is 11.6 Å². The summed E-state index contributed by atoms with van der Waals surface area (Å²) in [6, 6.07) is 1.51. The van der Waals surface area contributed by atoms with Crippen LogP contribution < -0.4 is 20.5 Å². The fourth-order valence-corrected chi connectivity index (χ4v) is 4.35. The third kappa shape index (κ3) is 5.35. The highest BCUT2D eigenvalue weighted by Gasteiger charge is 2.30. The number of hydrogen-bond donors (Lipinski definition) is 3. The SMILES string of the molecule is Nc1cc(C(=O)NC[C@@H]2CCN(CCC3OCCO3)C[C@H]2O)c2c(c1Cl)OCCCO2. The van der Waals surface area contributed by atoms with Gasteiger partial charge in [-0.15, -0.1) is 0 Å². The number of rotatable bonds is 6. The number of ether oxygens (including phenoxy) is 4. The number of nitrogens with two attached hydrogens (primary N) is 1. The van der Waals surface area contributed by atoms with E-state index in [2.05, 4.69) is 10.2 Å². The van der Waals surface area contributed by atoms with Crippen molar-refractivity contribution in [3.05, 3.63) is 16.7 Å². The minimum Gasteiger partial charge on any atom is -0.489 e. The second-order valence-electron chi connectivity index (χ2n) is 8.12. The van der Waals surface area contributed by atoms with Gasteiger partial charge in [-0.3, -0.25) is 4.79 Å². The molecule has 31 heavy (non-hydrogen) atoms. The first-order valence-corrected chi connectivity index (χ1v) is 11.2. The van der Waals surface area contributed by atoms with Gasteiger partial charge in [-0.05, 0) is 19.0 Å². The fourth-order valence-electron chi connectivity index (χ4n) is 4.15. The highest BCUT2D eigenvalue weighted by atomic mass is 35.5. The van der Waals surface area contributed by atoms with Crippen LogP contribution in [-0.4, -0.2) is 80.9 Å². The Morgan fingerprint density at radius 2 is 1.97 bits per heavy atom. The Kier molecular flexibility index (Phi) is 7.39. The van der Waals surface area contributed by atoms with Gasteiger partial charge >= 0.3 is 0 Å². The van der Waals surface area contributed by atoms with Crippen molar-refractivity contribution in [3.63, 3.8) is 0 Å². The number of fused-ring (bicyclic) bond motifs is 1. The number of nitrogens with zero attached hydrogens (tertiary/aromatic N) is 1. The standard InChI is InChI=1S/C21H30ClN3O6/c22-18-15(23)10-14(19-20(18)31-7-1-6-30-19)21(27)24-11-13-2-4-25(12-16(13)26)5-3-17-28-8-9-29-17/h10,13,16-17,26H,1-9,11-12,23H2,(H,24,27)/t13-,16+/m0/s1. The number of carbonyl (C=O) groups excluding carboxylic acids is 1. The highest BCUT2D eigenvalue weighted by Crippen LogP contribution is 2.43. The third-order valence-corrected chi connectivity index (χ3v) is 6.32. The van der Waals surface area contributed by atoms with Gasteiger partial charge in [-0.2, -0.15) is 0 Å². The number of piperidine rings is 1. The van der Waals surface area contributed by atoms with Crippen molar-refractivity contribution in [2.45, 2.75) is 31.7 Å². The first kappa shape index (κ1) is 22.4. The molecule has 0 unspecified atom stereocenters. The van der Waals surface area contributed by atoms with Crippen molar-refractivity contribution >= 4 is 23.2 Å². The van der Waals surface area contributed by atoms with Gasteiger partial charge in [0.2, 0.25) is 0 Å². The summed E-state index contributed by atoms with van der Waals surface area (Å²) in [4.78, 5) is 15.1. The van der Waals surface area contributed by atoms with Gasteiger partial charge in [0.25, 0.3) is 5.91 Å². The Labute approximate surface area is 186 Å². The van der Waals surface area contributed by atoms with Gasteiger partial charge < -0.3 is 40.0 Å². The van der Waals surface area contributed by atoms with Crippen molar-refractivity contribution in [1.29, 1.82) is 0 Å². The average Bonchev–Trinajstić information content (AvgIpc) is 3.16. The summed E-state index contributed by atoms with van der Waals surface area (Å²) in [6.07, 6.45) is 1.61. The van der Waals surface area contributed by atoms with E-state index in [0.29, 0.717) is 63.0 Å². The zero-order valence-electron chi connectivity index (χ0n) is 17.5. The van der Waals surface area contributed by atoms with Crippen molar-refractivity contribution in [1.82, 2.24) is 10.2 Å². The fraction of sp³-hybridized carbons (Fsp3) is 0.667. The lowest BCUT2D eigenvalue weighted by molar-refractivity contribution is -0.0576. The molecule has 0 radical (unpaired) electrons. The summed E-state index contributed by atoms with van der Waals surface area (Å²) in [7, 11) is 0. The Balaban J connectivity index is 1.31. The molecule has 0 bridgehead atoms. The van der Waals surface area contributed by atoms with Gasteiger partial charge in [0.05, 0.1) is 43.8 Å². The molecule has 10 heteroatoms. The first-order chi connectivity index (χ1) is 15.0. The molecule has 9 nitrogen and oxygen atoms in total. The Hall–Kier alpha value is -1.78. The molecule has 4 rings (SSSR count). The molecule has 2 saturated heterocycles. The second kappa shape index (κ2) is 10.2. The summed E-state index contributed by atoms with van der Waals surface area (Å²) in [5, 5.41) is 13.8. The van der Waals surface area contributed by atoms with E-state index >= 15 is 0 Å². The molecule has 2 atom stereocenters. The number of β-amino-alcohol motifs (C(OH)–C–C–N with tert-alkyl or cyclic N) is 1. The molecule has 172 valence electrons. The molecule has 0 saturated carbocycles. The maximum absolute atomic E-state index is 12.9. The van der Waals surface area contributed by atoms with Crippen LogP contribution in [0.15, 0.2) is 6.07 Å². The van der Waals surface area contributed by atoms with Crippen LogP contribution in [0.25, 0.3) is 0 Å². The van der Waals surface area contributed by atoms with Crippen molar-refractivity contribution < 1.29 is 28.8 Å². The van der Waals surface area contributed by atoms with Crippen molar-refractivity contribution in [2.24, 2.45) is 5.92 Å². The number of nitrogen functional groups attached to an aromatic ring is 1. The molecule has 4 N–H and O–H groups in total. The number of nitrogens with one attached hydrogen (secondary N) is 1. The molecule has 3 aliphatic heterocycles. The summed E-state index contributed by atoms with van der Waals surface area (Å²) in [5.41, 5.74) is 6.53. The molecule has 1 amide bonds. The predicted octanol–water partition coefficient (Wildman–Crippen LogP) is 1.26. The minimum absolute atomic E-state index is 0.0281. The largest absolute Gasteiger partial charge is 0.489 e. The average molecular weight is 456 g/mol. The zero-order valence-corrected chi connectivity index (χ0v) is 18.2. The lowest BCUT2D eigenvalue weighted by Gasteiger charge is -2.36. The van der Waals surface area contributed by atoms with E-state index in [-0.39, 0.29) is 28.8 Å². The number of halogens is 1. The molecule has 0 spiro atoms. The monoisotopic (exact) mass is 455 g/mol. The van der Waals surface area contributed by atoms with Crippen LogP contribution in [0.1, 0.15) is 29.6 Å². The molecule has 1 aromatic rings. The minimum atomic E-state index is -0.522. The van der Waals surface area contributed by atoms with Crippen LogP contribution in [0.4, 0.5) is 5.69 Å². The first-order valence-electron chi connectivity index (χ1n) is 10.8. The third-order valence-electron chi connectivity index (χ3n) is 5.93. The van der Waals surface area contributed by atoms with E-state index in [4.69, 9.17) is 36.3 Å².